The van der Waals surface area contributed by atoms with E-state index in [9.17, 15) is 9.59 Å². The van der Waals surface area contributed by atoms with Crippen LogP contribution in [0.2, 0.25) is 0 Å². The van der Waals surface area contributed by atoms with Crippen molar-refractivity contribution in [1.29, 1.82) is 0 Å². The molecule has 4 nitrogen and oxygen atoms in total. The van der Waals surface area contributed by atoms with Crippen LogP contribution >= 0.6 is 15.9 Å². The van der Waals surface area contributed by atoms with Gasteiger partial charge in [0.15, 0.2) is 0 Å². The van der Waals surface area contributed by atoms with Crippen molar-refractivity contribution in [2.45, 2.75) is 77.9 Å². The summed E-state index contributed by atoms with van der Waals surface area (Å²) in [5.41, 5.74) is 4.43. The molecule has 196 valence electrons. The number of hydrogen-bond acceptors (Lipinski definition) is 2. The molecule has 0 bridgehead atoms. The van der Waals surface area contributed by atoms with Crippen molar-refractivity contribution in [2.75, 3.05) is 0 Å². The van der Waals surface area contributed by atoms with Gasteiger partial charge in [-0.15, -0.1) is 0 Å². The third-order valence-electron chi connectivity index (χ3n) is 6.79. The monoisotopic (exact) mass is 562 g/mol. The Morgan fingerprint density at radius 2 is 1.54 bits per heavy atom. The molecule has 0 aliphatic rings. The Morgan fingerprint density at radius 3 is 2.16 bits per heavy atom. The van der Waals surface area contributed by atoms with Gasteiger partial charge >= 0.3 is 0 Å². The molecule has 0 saturated heterocycles. The van der Waals surface area contributed by atoms with Crippen LogP contribution in [0.4, 0.5) is 0 Å². The Balaban J connectivity index is 1.89. The predicted octanol–water partition coefficient (Wildman–Crippen LogP) is 7.06. The molecule has 0 unspecified atom stereocenters. The molecule has 3 aromatic carbocycles. The van der Waals surface area contributed by atoms with Crippen LogP contribution in [-0.4, -0.2) is 28.8 Å². The van der Waals surface area contributed by atoms with Gasteiger partial charge in [0.25, 0.3) is 0 Å². The highest BCUT2D eigenvalue weighted by Gasteiger charge is 2.30. The Morgan fingerprint density at radius 1 is 0.865 bits per heavy atom. The summed E-state index contributed by atoms with van der Waals surface area (Å²) in [6.07, 6.45) is 2.27. The van der Waals surface area contributed by atoms with Gasteiger partial charge in [0.05, 0.1) is 0 Å². The summed E-state index contributed by atoms with van der Waals surface area (Å²) in [4.78, 5) is 29.2. The lowest BCUT2D eigenvalue weighted by molar-refractivity contribution is -0.141. The van der Waals surface area contributed by atoms with E-state index in [1.165, 1.54) is 5.56 Å². The van der Waals surface area contributed by atoms with E-state index < -0.39 is 6.04 Å². The van der Waals surface area contributed by atoms with Crippen molar-refractivity contribution >= 4 is 27.7 Å². The number of rotatable bonds is 12. The zero-order valence-corrected chi connectivity index (χ0v) is 24.0. The van der Waals surface area contributed by atoms with E-state index in [1.807, 2.05) is 68.4 Å². The standard InChI is InChI=1S/C32H39BrN2O2/c1-5-24(4)34-32(37)30(21-26-10-7-6-8-11-26)35(22-27-12-9-13-29(33)20-27)31(36)19-16-25-14-17-28(18-15-25)23(2)3/h6-15,17-18,20,23-24,30H,5,16,19,21-22H2,1-4H3,(H,34,37)/t24-,30+/m0/s1. The van der Waals surface area contributed by atoms with Gasteiger partial charge in [-0.2, -0.15) is 0 Å². The van der Waals surface area contributed by atoms with Gasteiger partial charge in [-0.1, -0.05) is 103 Å². The summed E-state index contributed by atoms with van der Waals surface area (Å²) in [6.45, 7) is 8.77. The van der Waals surface area contributed by atoms with Crippen molar-refractivity contribution in [3.63, 3.8) is 0 Å². The number of nitrogens with zero attached hydrogens (tertiary/aromatic N) is 1. The summed E-state index contributed by atoms with van der Waals surface area (Å²) in [5, 5.41) is 3.13. The van der Waals surface area contributed by atoms with Crippen molar-refractivity contribution in [3.05, 3.63) is 106 Å². The second-order valence-electron chi connectivity index (χ2n) is 10.1. The van der Waals surface area contributed by atoms with E-state index in [0.717, 1.165) is 27.6 Å². The summed E-state index contributed by atoms with van der Waals surface area (Å²) in [6, 6.07) is 25.8. The fourth-order valence-electron chi connectivity index (χ4n) is 4.29. The quantitative estimate of drug-likeness (QED) is 0.257. The number of benzene rings is 3. The number of carbonyl (C=O) groups excluding carboxylic acids is 2. The van der Waals surface area contributed by atoms with E-state index >= 15 is 0 Å². The molecule has 0 saturated carbocycles. The molecule has 3 rings (SSSR count). The first-order chi connectivity index (χ1) is 17.8. The molecule has 0 heterocycles. The van der Waals surface area contributed by atoms with Crippen LogP contribution in [0.15, 0.2) is 83.3 Å². The molecule has 37 heavy (non-hydrogen) atoms. The summed E-state index contributed by atoms with van der Waals surface area (Å²) in [7, 11) is 0. The third-order valence-corrected chi connectivity index (χ3v) is 7.28. The fraction of sp³-hybridized carbons (Fsp3) is 0.375. The third kappa shape index (κ3) is 8.85. The van der Waals surface area contributed by atoms with Crippen LogP contribution in [0.5, 0.6) is 0 Å². The summed E-state index contributed by atoms with van der Waals surface area (Å²) in [5.74, 6) is 0.343. The molecule has 5 heteroatoms. The highest BCUT2D eigenvalue weighted by atomic mass is 79.9. The molecular weight excluding hydrogens is 524 g/mol. The van der Waals surface area contributed by atoms with E-state index in [4.69, 9.17) is 0 Å². The van der Waals surface area contributed by atoms with E-state index in [0.29, 0.717) is 31.7 Å². The minimum absolute atomic E-state index is 0.0202. The SMILES string of the molecule is CC[C@H](C)NC(=O)[C@@H](Cc1ccccc1)N(Cc1cccc(Br)c1)C(=O)CCc1ccc(C(C)C)cc1. The maximum Gasteiger partial charge on any atom is 0.243 e. The smallest absolute Gasteiger partial charge is 0.243 e. The predicted molar refractivity (Wildman–Crippen MR) is 155 cm³/mol. The number of amides is 2. The molecule has 0 fully saturated rings. The van der Waals surface area contributed by atoms with Crippen LogP contribution < -0.4 is 5.32 Å². The lowest BCUT2D eigenvalue weighted by Crippen LogP contribution is -2.52. The highest BCUT2D eigenvalue weighted by Crippen LogP contribution is 2.20. The lowest BCUT2D eigenvalue weighted by Gasteiger charge is -2.32. The number of aryl methyl sites for hydroxylation is 1. The van der Waals surface area contributed by atoms with Crippen LogP contribution in [0.25, 0.3) is 0 Å². The van der Waals surface area contributed by atoms with Crippen molar-refractivity contribution in [1.82, 2.24) is 10.2 Å². The van der Waals surface area contributed by atoms with Gasteiger partial charge in [0, 0.05) is 29.9 Å². The number of carbonyl (C=O) groups is 2. The Kier molecular flexibility index (Phi) is 10.9. The van der Waals surface area contributed by atoms with Crippen LogP contribution in [0.1, 0.15) is 68.7 Å². The largest absolute Gasteiger partial charge is 0.352 e. The van der Waals surface area contributed by atoms with Crippen LogP contribution in [-0.2, 0) is 29.0 Å². The van der Waals surface area contributed by atoms with Crippen LogP contribution in [0.3, 0.4) is 0 Å². The maximum atomic E-state index is 13.8. The molecule has 0 radical (unpaired) electrons. The molecule has 0 aliphatic heterocycles. The Hall–Kier alpha value is -2.92. The van der Waals surface area contributed by atoms with Gasteiger partial charge in [0.1, 0.15) is 6.04 Å². The minimum Gasteiger partial charge on any atom is -0.352 e. The molecule has 1 N–H and O–H groups in total. The number of nitrogens with one attached hydrogen (secondary N) is 1. The number of halogens is 1. The second kappa shape index (κ2) is 14.1. The molecule has 0 aromatic heterocycles. The van der Waals surface area contributed by atoms with Crippen LogP contribution in [0, 0.1) is 0 Å². The van der Waals surface area contributed by atoms with Gasteiger partial charge in [0.2, 0.25) is 11.8 Å². The topological polar surface area (TPSA) is 49.4 Å². The fourth-order valence-corrected chi connectivity index (χ4v) is 4.74. The molecule has 2 atom stereocenters. The van der Waals surface area contributed by atoms with Gasteiger partial charge in [-0.05, 0) is 60.1 Å². The average molecular weight is 564 g/mol. The van der Waals surface area contributed by atoms with E-state index in [-0.39, 0.29) is 17.9 Å². The second-order valence-corrected chi connectivity index (χ2v) is 11.0. The minimum atomic E-state index is -0.605. The van der Waals surface area contributed by atoms with Gasteiger partial charge in [-0.3, -0.25) is 9.59 Å². The van der Waals surface area contributed by atoms with Crippen molar-refractivity contribution in [2.24, 2.45) is 0 Å². The highest BCUT2D eigenvalue weighted by molar-refractivity contribution is 9.10. The lowest BCUT2D eigenvalue weighted by atomic mass is 9.99. The van der Waals surface area contributed by atoms with E-state index in [1.54, 1.807) is 4.90 Å². The van der Waals surface area contributed by atoms with Gasteiger partial charge < -0.3 is 10.2 Å². The summed E-state index contributed by atoms with van der Waals surface area (Å²) >= 11 is 3.55. The Labute approximate surface area is 230 Å². The zero-order valence-electron chi connectivity index (χ0n) is 22.4. The first-order valence-electron chi connectivity index (χ1n) is 13.2. The van der Waals surface area contributed by atoms with Crippen molar-refractivity contribution < 1.29 is 9.59 Å². The average Bonchev–Trinajstić information content (AvgIpc) is 2.90. The molecular formula is C32H39BrN2O2. The molecule has 2 amide bonds. The normalized spacial score (nSPS) is 12.7. The van der Waals surface area contributed by atoms with Gasteiger partial charge in [-0.25, -0.2) is 0 Å². The summed E-state index contributed by atoms with van der Waals surface area (Å²) < 4.78 is 0.950. The molecule has 0 aliphatic carbocycles. The molecule has 3 aromatic rings. The zero-order chi connectivity index (χ0) is 26.8. The number of hydrogen-bond donors (Lipinski definition) is 1. The maximum absolute atomic E-state index is 13.8. The first kappa shape index (κ1) is 28.6. The molecule has 0 spiro atoms. The first-order valence-corrected chi connectivity index (χ1v) is 14.0. The van der Waals surface area contributed by atoms with E-state index in [2.05, 4.69) is 59.4 Å². The Bertz CT molecular complexity index is 1140. The van der Waals surface area contributed by atoms with Crippen molar-refractivity contribution in [3.8, 4) is 0 Å².